The van der Waals surface area contributed by atoms with Crippen LogP contribution < -0.4 is 4.90 Å². The van der Waals surface area contributed by atoms with Gasteiger partial charge in [0.25, 0.3) is 0 Å². The van der Waals surface area contributed by atoms with Gasteiger partial charge in [0, 0.05) is 33.8 Å². The molecular formula is C18H14ClNO2S. The number of fused-ring (bicyclic) bond motifs is 1. The Labute approximate surface area is 143 Å². The number of thioether (sulfide) groups is 1. The molecule has 3 nitrogen and oxygen atoms in total. The van der Waals surface area contributed by atoms with Crippen LogP contribution >= 0.6 is 23.4 Å². The van der Waals surface area contributed by atoms with Crippen LogP contribution in [0.3, 0.4) is 0 Å². The largest absolute Gasteiger partial charge is 0.288 e. The van der Waals surface area contributed by atoms with E-state index >= 15 is 0 Å². The first-order valence-electron chi connectivity index (χ1n) is 7.21. The van der Waals surface area contributed by atoms with Crippen molar-refractivity contribution in [2.45, 2.75) is 18.2 Å². The van der Waals surface area contributed by atoms with E-state index in [1.54, 1.807) is 43.5 Å². The van der Waals surface area contributed by atoms with E-state index in [1.165, 1.54) is 16.7 Å². The van der Waals surface area contributed by atoms with Crippen molar-refractivity contribution >= 4 is 40.7 Å². The molecule has 0 aromatic heterocycles. The molecule has 3 rings (SSSR count). The van der Waals surface area contributed by atoms with E-state index in [0.29, 0.717) is 27.6 Å². The van der Waals surface area contributed by atoms with Crippen molar-refractivity contribution in [3.63, 3.8) is 0 Å². The molecule has 2 aromatic carbocycles. The van der Waals surface area contributed by atoms with Gasteiger partial charge in [-0.2, -0.15) is 0 Å². The topological polar surface area (TPSA) is 37.4 Å². The fraction of sp³-hybridized carbons (Fsp3) is 0.111. The molecule has 0 saturated carbocycles. The monoisotopic (exact) mass is 343 g/mol. The third-order valence-electron chi connectivity index (χ3n) is 3.48. The number of benzene rings is 2. The van der Waals surface area contributed by atoms with Crippen LogP contribution in [0.15, 0.2) is 64.5 Å². The Morgan fingerprint density at radius 2 is 2.00 bits per heavy atom. The summed E-state index contributed by atoms with van der Waals surface area (Å²) in [4.78, 5) is 27.7. The Hall–Kier alpha value is -2.04. The predicted molar refractivity (Wildman–Crippen MR) is 93.9 cm³/mol. The first-order chi connectivity index (χ1) is 11.1. The molecule has 1 aliphatic heterocycles. The average molecular weight is 344 g/mol. The molecule has 1 heterocycles. The van der Waals surface area contributed by atoms with Crippen molar-refractivity contribution in [1.82, 2.24) is 0 Å². The van der Waals surface area contributed by atoms with Crippen molar-refractivity contribution < 1.29 is 9.59 Å². The van der Waals surface area contributed by atoms with Crippen LogP contribution in [0.25, 0.3) is 0 Å². The average Bonchev–Trinajstić information content (AvgIpc) is 2.88. The standard InChI is InChI=1S/C18H14ClNO2S/c1-2-17(21)20(13-7-5-6-12(19)10-13)11-16-18(22)14-8-3-4-9-15(14)23-16/h3-11H,2H2,1H3/b16-11-. The van der Waals surface area contributed by atoms with Crippen molar-refractivity contribution in [3.8, 4) is 0 Å². The van der Waals surface area contributed by atoms with Gasteiger partial charge in [-0.15, -0.1) is 0 Å². The third-order valence-corrected chi connectivity index (χ3v) is 4.80. The first-order valence-corrected chi connectivity index (χ1v) is 8.40. The quantitative estimate of drug-likeness (QED) is 0.743. The number of carbonyl (C=O) groups is 2. The van der Waals surface area contributed by atoms with E-state index in [0.717, 1.165) is 4.90 Å². The molecule has 0 N–H and O–H groups in total. The predicted octanol–water partition coefficient (Wildman–Crippen LogP) is 4.91. The lowest BCUT2D eigenvalue weighted by molar-refractivity contribution is -0.117. The number of hydrogen-bond acceptors (Lipinski definition) is 3. The molecule has 116 valence electrons. The number of anilines is 1. The Bertz CT molecular complexity index is 816. The summed E-state index contributed by atoms with van der Waals surface area (Å²) >= 11 is 7.41. The van der Waals surface area contributed by atoms with E-state index in [9.17, 15) is 9.59 Å². The number of carbonyl (C=O) groups excluding carboxylic acids is 2. The smallest absolute Gasteiger partial charge is 0.230 e. The lowest BCUT2D eigenvalue weighted by Gasteiger charge is -2.19. The molecule has 0 aliphatic carbocycles. The van der Waals surface area contributed by atoms with Gasteiger partial charge in [-0.25, -0.2) is 0 Å². The van der Waals surface area contributed by atoms with Gasteiger partial charge >= 0.3 is 0 Å². The minimum atomic E-state index is -0.0934. The van der Waals surface area contributed by atoms with Gasteiger partial charge < -0.3 is 0 Å². The fourth-order valence-electron chi connectivity index (χ4n) is 2.33. The summed E-state index contributed by atoms with van der Waals surface area (Å²) in [6.07, 6.45) is 1.95. The number of Topliss-reactive ketones (excluding diaryl/α,β-unsaturated/α-hetero) is 1. The van der Waals surface area contributed by atoms with Crippen molar-refractivity contribution in [2.75, 3.05) is 4.90 Å². The number of allylic oxidation sites excluding steroid dienone is 1. The molecule has 1 amide bonds. The van der Waals surface area contributed by atoms with Crippen LogP contribution in [0.4, 0.5) is 5.69 Å². The van der Waals surface area contributed by atoms with Gasteiger partial charge in [-0.1, -0.05) is 48.5 Å². The summed E-state index contributed by atoms with van der Waals surface area (Å²) in [5.74, 6) is -0.148. The maximum absolute atomic E-state index is 12.5. The molecular weight excluding hydrogens is 330 g/mol. The van der Waals surface area contributed by atoms with Gasteiger partial charge in [0.05, 0.1) is 4.91 Å². The van der Waals surface area contributed by atoms with Crippen molar-refractivity contribution in [1.29, 1.82) is 0 Å². The number of rotatable bonds is 3. The molecule has 0 radical (unpaired) electrons. The van der Waals surface area contributed by atoms with Gasteiger partial charge in [0.15, 0.2) is 0 Å². The van der Waals surface area contributed by atoms with Crippen LogP contribution in [0.1, 0.15) is 23.7 Å². The Kier molecular flexibility index (Phi) is 4.55. The van der Waals surface area contributed by atoms with Crippen LogP contribution in [-0.4, -0.2) is 11.7 Å². The molecule has 1 aliphatic rings. The first kappa shape index (κ1) is 15.8. The molecule has 0 bridgehead atoms. The summed E-state index contributed by atoms with van der Waals surface area (Å²) in [5, 5.41) is 0.545. The molecule has 0 fully saturated rings. The van der Waals surface area contributed by atoms with E-state index in [-0.39, 0.29) is 11.7 Å². The van der Waals surface area contributed by atoms with E-state index < -0.39 is 0 Å². The highest BCUT2D eigenvalue weighted by Crippen LogP contribution is 2.40. The number of ketones is 1. The van der Waals surface area contributed by atoms with Crippen LogP contribution in [0, 0.1) is 0 Å². The van der Waals surface area contributed by atoms with Gasteiger partial charge in [0.2, 0.25) is 11.7 Å². The van der Waals surface area contributed by atoms with Gasteiger partial charge in [-0.05, 0) is 30.3 Å². The summed E-state index contributed by atoms with van der Waals surface area (Å²) in [6.45, 7) is 1.79. The van der Waals surface area contributed by atoms with E-state index in [4.69, 9.17) is 11.6 Å². The zero-order chi connectivity index (χ0) is 16.4. The zero-order valence-electron chi connectivity index (χ0n) is 12.5. The molecule has 0 saturated heterocycles. The number of nitrogens with zero attached hydrogens (tertiary/aromatic N) is 1. The number of halogens is 1. The number of hydrogen-bond donors (Lipinski definition) is 0. The second-order valence-corrected chi connectivity index (χ2v) is 6.54. The SMILES string of the molecule is CCC(=O)N(/C=C1\Sc2ccccc2C1=O)c1cccc(Cl)c1. The second-order valence-electron chi connectivity index (χ2n) is 5.02. The van der Waals surface area contributed by atoms with Crippen LogP contribution in [0.5, 0.6) is 0 Å². The maximum Gasteiger partial charge on any atom is 0.230 e. The van der Waals surface area contributed by atoms with Gasteiger partial charge in [-0.3, -0.25) is 14.5 Å². The molecule has 2 aromatic rings. The lowest BCUT2D eigenvalue weighted by Crippen LogP contribution is -2.25. The van der Waals surface area contributed by atoms with E-state index in [2.05, 4.69) is 0 Å². The summed E-state index contributed by atoms with van der Waals surface area (Å²) < 4.78 is 0. The highest BCUT2D eigenvalue weighted by molar-refractivity contribution is 8.04. The maximum atomic E-state index is 12.5. The minimum absolute atomic E-state index is 0.0541. The Balaban J connectivity index is 2.00. The Morgan fingerprint density at radius 3 is 2.70 bits per heavy atom. The fourth-order valence-corrected chi connectivity index (χ4v) is 3.53. The molecule has 0 unspecified atom stereocenters. The van der Waals surface area contributed by atoms with Gasteiger partial charge in [0.1, 0.15) is 0 Å². The van der Waals surface area contributed by atoms with Crippen molar-refractivity contribution in [3.05, 3.63) is 70.2 Å². The molecule has 5 heteroatoms. The summed E-state index contributed by atoms with van der Waals surface area (Å²) in [5.41, 5.74) is 1.33. The van der Waals surface area contributed by atoms with Crippen molar-refractivity contribution in [2.24, 2.45) is 0 Å². The highest BCUT2D eigenvalue weighted by atomic mass is 35.5. The second kappa shape index (κ2) is 6.60. The normalized spacial score (nSPS) is 14.9. The molecule has 0 spiro atoms. The van der Waals surface area contributed by atoms with E-state index in [1.807, 2.05) is 18.2 Å². The summed E-state index contributed by atoms with van der Waals surface area (Å²) in [6, 6.07) is 14.5. The molecule has 23 heavy (non-hydrogen) atoms. The zero-order valence-corrected chi connectivity index (χ0v) is 14.0. The van der Waals surface area contributed by atoms with Crippen LogP contribution in [0.2, 0.25) is 5.02 Å². The molecule has 0 atom stereocenters. The highest BCUT2D eigenvalue weighted by Gasteiger charge is 2.27. The number of amides is 1. The van der Waals surface area contributed by atoms with Crippen LogP contribution in [-0.2, 0) is 4.79 Å². The Morgan fingerprint density at radius 1 is 1.22 bits per heavy atom. The minimum Gasteiger partial charge on any atom is -0.288 e. The summed E-state index contributed by atoms with van der Waals surface area (Å²) in [7, 11) is 0. The third kappa shape index (κ3) is 3.19. The lowest BCUT2D eigenvalue weighted by atomic mass is 10.1.